The monoisotopic (exact) mass is 290 g/mol. The molecule has 1 atom stereocenters. The Labute approximate surface area is 129 Å². The van der Waals surface area contributed by atoms with Crippen LogP contribution >= 0.6 is 0 Å². The second-order valence-corrected chi connectivity index (χ2v) is 5.75. The zero-order valence-corrected chi connectivity index (χ0v) is 13.8. The van der Waals surface area contributed by atoms with E-state index in [1.54, 1.807) is 0 Å². The van der Waals surface area contributed by atoms with Gasteiger partial charge < -0.3 is 10.6 Å². The van der Waals surface area contributed by atoms with Crippen LogP contribution in [0.3, 0.4) is 0 Å². The number of carbonyl (C=O) groups is 1. The largest absolute Gasteiger partial charge is 0.399 e. The van der Waals surface area contributed by atoms with Gasteiger partial charge in [0.2, 0.25) is 5.91 Å². The second-order valence-electron chi connectivity index (χ2n) is 5.75. The lowest BCUT2D eigenvalue weighted by Crippen LogP contribution is -2.36. The zero-order valence-electron chi connectivity index (χ0n) is 13.8. The van der Waals surface area contributed by atoms with Gasteiger partial charge in [0.15, 0.2) is 0 Å². The molecule has 0 aliphatic rings. The van der Waals surface area contributed by atoms with E-state index in [9.17, 15) is 4.79 Å². The quantitative estimate of drug-likeness (QED) is 0.692. The molecule has 0 saturated heterocycles. The Hall–Kier alpha value is -1.51. The maximum atomic E-state index is 12.7. The first kappa shape index (κ1) is 17.5. The molecule has 0 saturated carbocycles. The SMILES string of the molecule is CCCCC(CC)C(=O)N(CCC)Cc1ccc(N)cc1. The fourth-order valence-electron chi connectivity index (χ4n) is 2.59. The maximum Gasteiger partial charge on any atom is 0.225 e. The Morgan fingerprint density at radius 1 is 1.14 bits per heavy atom. The van der Waals surface area contributed by atoms with Crippen molar-refractivity contribution >= 4 is 11.6 Å². The third-order valence-electron chi connectivity index (χ3n) is 3.91. The topological polar surface area (TPSA) is 46.3 Å². The number of hydrogen-bond acceptors (Lipinski definition) is 2. The number of benzene rings is 1. The minimum absolute atomic E-state index is 0.172. The summed E-state index contributed by atoms with van der Waals surface area (Å²) in [6, 6.07) is 7.83. The number of hydrogen-bond donors (Lipinski definition) is 1. The molecule has 1 rings (SSSR count). The van der Waals surface area contributed by atoms with E-state index in [4.69, 9.17) is 5.73 Å². The summed E-state index contributed by atoms with van der Waals surface area (Å²) in [6.07, 6.45) is 5.21. The van der Waals surface area contributed by atoms with Crippen molar-refractivity contribution in [3.8, 4) is 0 Å². The highest BCUT2D eigenvalue weighted by Crippen LogP contribution is 2.18. The average Bonchev–Trinajstić information content (AvgIpc) is 2.49. The molecule has 2 N–H and O–H groups in total. The lowest BCUT2D eigenvalue weighted by molar-refractivity contribution is -0.136. The van der Waals surface area contributed by atoms with Crippen molar-refractivity contribution in [1.82, 2.24) is 4.90 Å². The molecule has 21 heavy (non-hydrogen) atoms. The van der Waals surface area contributed by atoms with E-state index >= 15 is 0 Å². The Morgan fingerprint density at radius 2 is 1.81 bits per heavy atom. The summed E-state index contributed by atoms with van der Waals surface area (Å²) >= 11 is 0. The average molecular weight is 290 g/mol. The Kier molecular flexibility index (Phi) is 7.88. The molecule has 3 heteroatoms. The summed E-state index contributed by atoms with van der Waals surface area (Å²) in [7, 11) is 0. The van der Waals surface area contributed by atoms with Crippen molar-refractivity contribution in [2.45, 2.75) is 59.4 Å². The fourth-order valence-corrected chi connectivity index (χ4v) is 2.59. The van der Waals surface area contributed by atoms with Crippen LogP contribution in [0.4, 0.5) is 5.69 Å². The number of amides is 1. The molecule has 0 aliphatic heterocycles. The molecule has 1 aromatic rings. The normalized spacial score (nSPS) is 12.1. The van der Waals surface area contributed by atoms with Gasteiger partial charge in [-0.25, -0.2) is 0 Å². The van der Waals surface area contributed by atoms with Gasteiger partial charge in [0.05, 0.1) is 0 Å². The summed E-state index contributed by atoms with van der Waals surface area (Å²) in [5, 5.41) is 0. The van der Waals surface area contributed by atoms with Gasteiger partial charge in [0.25, 0.3) is 0 Å². The van der Waals surface area contributed by atoms with E-state index < -0.39 is 0 Å². The van der Waals surface area contributed by atoms with E-state index in [1.165, 1.54) is 0 Å². The molecule has 0 spiro atoms. The van der Waals surface area contributed by atoms with Crippen LogP contribution in [-0.2, 0) is 11.3 Å². The molecule has 1 unspecified atom stereocenters. The van der Waals surface area contributed by atoms with Crippen molar-refractivity contribution in [2.75, 3.05) is 12.3 Å². The van der Waals surface area contributed by atoms with Crippen LogP contribution in [-0.4, -0.2) is 17.4 Å². The minimum Gasteiger partial charge on any atom is -0.399 e. The summed E-state index contributed by atoms with van der Waals surface area (Å²) < 4.78 is 0. The number of anilines is 1. The molecule has 0 radical (unpaired) electrons. The van der Waals surface area contributed by atoms with Crippen LogP contribution in [0.25, 0.3) is 0 Å². The molecule has 0 aromatic heterocycles. The van der Waals surface area contributed by atoms with Gasteiger partial charge in [-0.1, -0.05) is 45.7 Å². The lowest BCUT2D eigenvalue weighted by atomic mass is 9.97. The molecule has 1 aromatic carbocycles. The highest BCUT2D eigenvalue weighted by molar-refractivity contribution is 5.78. The minimum atomic E-state index is 0.172. The number of nitrogens with zero attached hydrogens (tertiary/aromatic N) is 1. The molecule has 3 nitrogen and oxygen atoms in total. The van der Waals surface area contributed by atoms with Gasteiger partial charge in [-0.05, 0) is 37.0 Å². The third kappa shape index (κ3) is 5.78. The number of unbranched alkanes of at least 4 members (excludes halogenated alkanes) is 1. The molecule has 0 heterocycles. The predicted octanol–water partition coefficient (Wildman–Crippen LogP) is 4.22. The Morgan fingerprint density at radius 3 is 2.33 bits per heavy atom. The van der Waals surface area contributed by atoms with Crippen LogP contribution in [0.2, 0.25) is 0 Å². The standard InChI is InChI=1S/C18H30N2O/c1-4-7-8-16(6-3)18(21)20(13-5-2)14-15-9-11-17(19)12-10-15/h9-12,16H,4-8,13-14,19H2,1-3H3. The van der Waals surface area contributed by atoms with Gasteiger partial charge in [0.1, 0.15) is 0 Å². The molecular formula is C18H30N2O. The van der Waals surface area contributed by atoms with Crippen molar-refractivity contribution < 1.29 is 4.79 Å². The molecule has 118 valence electrons. The maximum absolute atomic E-state index is 12.7. The van der Waals surface area contributed by atoms with Gasteiger partial charge in [0, 0.05) is 24.7 Å². The van der Waals surface area contributed by atoms with Crippen molar-refractivity contribution in [2.24, 2.45) is 5.92 Å². The number of nitrogen functional groups attached to an aromatic ring is 1. The molecule has 0 fully saturated rings. The second kappa shape index (κ2) is 9.43. The summed E-state index contributed by atoms with van der Waals surface area (Å²) in [6.45, 7) is 7.93. The zero-order chi connectivity index (χ0) is 15.7. The lowest BCUT2D eigenvalue weighted by Gasteiger charge is -2.27. The van der Waals surface area contributed by atoms with E-state index in [2.05, 4.69) is 20.8 Å². The Bertz CT molecular complexity index is 414. The smallest absolute Gasteiger partial charge is 0.225 e. The number of carbonyl (C=O) groups excluding carboxylic acids is 1. The van der Waals surface area contributed by atoms with Crippen molar-refractivity contribution in [3.05, 3.63) is 29.8 Å². The van der Waals surface area contributed by atoms with E-state index in [0.717, 1.165) is 49.9 Å². The van der Waals surface area contributed by atoms with Crippen LogP contribution < -0.4 is 5.73 Å². The van der Waals surface area contributed by atoms with E-state index in [1.807, 2.05) is 29.2 Å². The fraction of sp³-hybridized carbons (Fsp3) is 0.611. The Balaban J connectivity index is 2.74. The van der Waals surface area contributed by atoms with Crippen LogP contribution in [0.1, 0.15) is 58.4 Å². The van der Waals surface area contributed by atoms with E-state index in [0.29, 0.717) is 12.5 Å². The van der Waals surface area contributed by atoms with Crippen molar-refractivity contribution in [1.29, 1.82) is 0 Å². The van der Waals surface area contributed by atoms with Crippen LogP contribution in [0.5, 0.6) is 0 Å². The molecule has 0 aliphatic carbocycles. The highest BCUT2D eigenvalue weighted by Gasteiger charge is 2.22. The highest BCUT2D eigenvalue weighted by atomic mass is 16.2. The van der Waals surface area contributed by atoms with Gasteiger partial charge in [-0.2, -0.15) is 0 Å². The van der Waals surface area contributed by atoms with Crippen LogP contribution in [0.15, 0.2) is 24.3 Å². The predicted molar refractivity (Wildman–Crippen MR) is 89.9 cm³/mol. The summed E-state index contributed by atoms with van der Waals surface area (Å²) in [4.78, 5) is 14.8. The van der Waals surface area contributed by atoms with Crippen LogP contribution in [0, 0.1) is 5.92 Å². The van der Waals surface area contributed by atoms with Gasteiger partial charge >= 0.3 is 0 Å². The summed E-state index contributed by atoms with van der Waals surface area (Å²) in [5.74, 6) is 0.481. The van der Waals surface area contributed by atoms with Crippen molar-refractivity contribution in [3.63, 3.8) is 0 Å². The molecule has 1 amide bonds. The first-order chi connectivity index (χ1) is 10.1. The summed E-state index contributed by atoms with van der Waals surface area (Å²) in [5.41, 5.74) is 7.63. The first-order valence-corrected chi connectivity index (χ1v) is 8.25. The van der Waals surface area contributed by atoms with E-state index in [-0.39, 0.29) is 5.92 Å². The van der Waals surface area contributed by atoms with Gasteiger partial charge in [-0.3, -0.25) is 4.79 Å². The number of rotatable bonds is 9. The third-order valence-corrected chi connectivity index (χ3v) is 3.91. The van der Waals surface area contributed by atoms with Gasteiger partial charge in [-0.15, -0.1) is 0 Å². The first-order valence-electron chi connectivity index (χ1n) is 8.25. The molecular weight excluding hydrogens is 260 g/mol. The number of nitrogens with two attached hydrogens (primary N) is 1. The molecule has 0 bridgehead atoms.